The summed E-state index contributed by atoms with van der Waals surface area (Å²) in [6.07, 6.45) is 1.89. The van der Waals surface area contributed by atoms with Gasteiger partial charge in [0.15, 0.2) is 0 Å². The predicted molar refractivity (Wildman–Crippen MR) is 122 cm³/mol. The van der Waals surface area contributed by atoms with Gasteiger partial charge < -0.3 is 0 Å². The Bertz CT molecular complexity index is 1490. The van der Waals surface area contributed by atoms with Gasteiger partial charge in [-0.05, 0) is 63.0 Å². The minimum absolute atomic E-state index is 1.01. The van der Waals surface area contributed by atoms with E-state index in [1.54, 1.807) is 0 Å². The van der Waals surface area contributed by atoms with Crippen LogP contribution in [0.3, 0.4) is 0 Å². The average molecular weight is 370 g/mol. The van der Waals surface area contributed by atoms with Crippen molar-refractivity contribution < 1.29 is 0 Å². The van der Waals surface area contributed by atoms with Crippen LogP contribution in [0.25, 0.3) is 49.4 Å². The van der Waals surface area contributed by atoms with E-state index in [-0.39, 0.29) is 0 Å². The van der Waals surface area contributed by atoms with Gasteiger partial charge >= 0.3 is 0 Å². The van der Waals surface area contributed by atoms with Crippen LogP contribution < -0.4 is 0 Å². The monoisotopic (exact) mass is 370 g/mol. The lowest BCUT2D eigenvalue weighted by atomic mass is 9.97. The Balaban J connectivity index is 1.42. The summed E-state index contributed by atoms with van der Waals surface area (Å²) < 4.78 is 2.13. The Morgan fingerprint density at radius 2 is 1.28 bits per heavy atom. The van der Waals surface area contributed by atoms with Crippen LogP contribution in [0.2, 0.25) is 0 Å². The predicted octanol–water partition coefficient (Wildman–Crippen LogP) is 7.00. The third-order valence-electron chi connectivity index (χ3n) is 5.68. The first-order valence-corrected chi connectivity index (χ1v) is 9.81. The molecule has 0 bridgehead atoms. The highest BCUT2D eigenvalue weighted by Gasteiger charge is 2.06. The Morgan fingerprint density at radius 1 is 0.552 bits per heavy atom. The molecule has 2 nitrogen and oxygen atoms in total. The van der Waals surface area contributed by atoms with E-state index < -0.39 is 0 Å². The molecular formula is C27H18N2. The molecule has 5 aromatic carbocycles. The number of fused-ring (bicyclic) bond motifs is 4. The molecule has 0 N–H and O–H groups in total. The van der Waals surface area contributed by atoms with Gasteiger partial charge in [0.05, 0.1) is 11.0 Å². The van der Waals surface area contributed by atoms with E-state index in [0.29, 0.717) is 0 Å². The molecule has 6 aromatic rings. The van der Waals surface area contributed by atoms with Crippen molar-refractivity contribution in [1.29, 1.82) is 0 Å². The van der Waals surface area contributed by atoms with E-state index in [4.69, 9.17) is 0 Å². The summed E-state index contributed by atoms with van der Waals surface area (Å²) in [4.78, 5) is 4.50. The number of imidazole rings is 1. The third-order valence-corrected chi connectivity index (χ3v) is 5.68. The fourth-order valence-electron chi connectivity index (χ4n) is 4.17. The standard InChI is InChI=1S/C27H18N2/c1-2-6-24-20(5-1)9-10-22-17-21(13-16-25(22)24)19-11-14-23(15-12-19)29-18-28-26-7-3-4-8-27(26)29/h1-18H. The average Bonchev–Trinajstić information content (AvgIpc) is 3.23. The fourth-order valence-corrected chi connectivity index (χ4v) is 4.17. The molecule has 0 saturated carbocycles. The minimum Gasteiger partial charge on any atom is -0.299 e. The zero-order valence-electron chi connectivity index (χ0n) is 15.8. The van der Waals surface area contributed by atoms with E-state index >= 15 is 0 Å². The van der Waals surface area contributed by atoms with Gasteiger partial charge in [-0.3, -0.25) is 4.57 Å². The summed E-state index contributed by atoms with van der Waals surface area (Å²) in [5.41, 5.74) is 5.70. The second-order valence-electron chi connectivity index (χ2n) is 7.37. The molecule has 0 saturated heterocycles. The quantitative estimate of drug-likeness (QED) is 0.300. The summed E-state index contributed by atoms with van der Waals surface area (Å²) in [5.74, 6) is 0. The van der Waals surface area contributed by atoms with Crippen molar-refractivity contribution >= 4 is 32.6 Å². The van der Waals surface area contributed by atoms with Crippen molar-refractivity contribution in [3.63, 3.8) is 0 Å². The number of rotatable bonds is 2. The molecule has 136 valence electrons. The maximum Gasteiger partial charge on any atom is 0.100 e. The fraction of sp³-hybridized carbons (Fsp3) is 0. The highest BCUT2D eigenvalue weighted by molar-refractivity contribution is 6.08. The number of nitrogens with zero attached hydrogens (tertiary/aromatic N) is 2. The molecule has 0 fully saturated rings. The SMILES string of the molecule is c1ccc2c(c1)ccc1cc(-c3ccc(-n4cnc5ccccc54)cc3)ccc12. The van der Waals surface area contributed by atoms with Gasteiger partial charge in [0.2, 0.25) is 0 Å². The van der Waals surface area contributed by atoms with Crippen LogP contribution in [0.5, 0.6) is 0 Å². The van der Waals surface area contributed by atoms with E-state index in [1.807, 2.05) is 24.5 Å². The first kappa shape index (κ1) is 16.1. The van der Waals surface area contributed by atoms with Crippen LogP contribution in [-0.4, -0.2) is 9.55 Å². The Morgan fingerprint density at radius 3 is 2.21 bits per heavy atom. The van der Waals surface area contributed by atoms with Crippen LogP contribution in [-0.2, 0) is 0 Å². The summed E-state index contributed by atoms with van der Waals surface area (Å²) in [6.45, 7) is 0. The number of aromatic nitrogens is 2. The molecule has 0 aliphatic heterocycles. The Kier molecular flexibility index (Phi) is 3.50. The zero-order valence-corrected chi connectivity index (χ0v) is 15.8. The molecule has 0 amide bonds. The van der Waals surface area contributed by atoms with E-state index in [9.17, 15) is 0 Å². The maximum atomic E-state index is 4.50. The Hall–Kier alpha value is -3.91. The van der Waals surface area contributed by atoms with Gasteiger partial charge in [-0.1, -0.05) is 72.8 Å². The summed E-state index contributed by atoms with van der Waals surface area (Å²) in [7, 11) is 0. The van der Waals surface area contributed by atoms with Gasteiger partial charge in [-0.25, -0.2) is 4.98 Å². The Labute approximate surface area is 168 Å². The van der Waals surface area contributed by atoms with Gasteiger partial charge in [-0.15, -0.1) is 0 Å². The molecule has 1 heterocycles. The molecule has 2 heteroatoms. The normalized spacial score (nSPS) is 11.4. The highest BCUT2D eigenvalue weighted by Crippen LogP contribution is 2.30. The minimum atomic E-state index is 1.01. The van der Waals surface area contributed by atoms with Gasteiger partial charge in [-0.2, -0.15) is 0 Å². The van der Waals surface area contributed by atoms with Gasteiger partial charge in [0.25, 0.3) is 0 Å². The van der Waals surface area contributed by atoms with Crippen molar-refractivity contribution in [3.8, 4) is 16.8 Å². The van der Waals surface area contributed by atoms with Crippen LogP contribution >= 0.6 is 0 Å². The molecule has 0 unspecified atom stereocenters. The van der Waals surface area contributed by atoms with Crippen LogP contribution in [0.4, 0.5) is 0 Å². The van der Waals surface area contributed by atoms with E-state index in [0.717, 1.165) is 16.7 Å². The number of para-hydroxylation sites is 2. The van der Waals surface area contributed by atoms with Crippen molar-refractivity contribution in [2.75, 3.05) is 0 Å². The maximum absolute atomic E-state index is 4.50. The molecule has 0 aliphatic rings. The second kappa shape index (κ2) is 6.32. The molecule has 0 aliphatic carbocycles. The van der Waals surface area contributed by atoms with Crippen LogP contribution in [0, 0.1) is 0 Å². The highest BCUT2D eigenvalue weighted by atomic mass is 15.0. The zero-order chi connectivity index (χ0) is 19.2. The topological polar surface area (TPSA) is 17.8 Å². The van der Waals surface area contributed by atoms with E-state index in [1.165, 1.54) is 32.7 Å². The number of benzene rings is 5. The molecular weight excluding hydrogens is 352 g/mol. The molecule has 0 atom stereocenters. The summed E-state index contributed by atoms with van der Waals surface area (Å²) in [6, 6.07) is 36.6. The first-order chi connectivity index (χ1) is 14.4. The first-order valence-electron chi connectivity index (χ1n) is 9.81. The molecule has 29 heavy (non-hydrogen) atoms. The molecule has 0 spiro atoms. The van der Waals surface area contributed by atoms with Crippen LogP contribution in [0.1, 0.15) is 0 Å². The lowest BCUT2D eigenvalue weighted by Gasteiger charge is -2.09. The van der Waals surface area contributed by atoms with Crippen molar-refractivity contribution in [1.82, 2.24) is 9.55 Å². The lowest BCUT2D eigenvalue weighted by molar-refractivity contribution is 1.09. The largest absolute Gasteiger partial charge is 0.299 e. The third kappa shape index (κ3) is 2.61. The molecule has 6 rings (SSSR count). The number of hydrogen-bond acceptors (Lipinski definition) is 1. The smallest absolute Gasteiger partial charge is 0.100 e. The molecule has 0 radical (unpaired) electrons. The van der Waals surface area contributed by atoms with Gasteiger partial charge in [0.1, 0.15) is 6.33 Å². The second-order valence-corrected chi connectivity index (χ2v) is 7.37. The number of hydrogen-bond donors (Lipinski definition) is 0. The van der Waals surface area contributed by atoms with Crippen molar-refractivity contribution in [2.24, 2.45) is 0 Å². The summed E-state index contributed by atoms with van der Waals surface area (Å²) >= 11 is 0. The van der Waals surface area contributed by atoms with Crippen molar-refractivity contribution in [2.45, 2.75) is 0 Å². The van der Waals surface area contributed by atoms with Crippen molar-refractivity contribution in [3.05, 3.63) is 109 Å². The lowest BCUT2D eigenvalue weighted by Crippen LogP contribution is -1.91. The van der Waals surface area contributed by atoms with Crippen LogP contribution in [0.15, 0.2) is 109 Å². The molecule has 1 aromatic heterocycles. The summed E-state index contributed by atoms with van der Waals surface area (Å²) in [5, 5.41) is 5.16. The van der Waals surface area contributed by atoms with E-state index in [2.05, 4.69) is 94.5 Å². The van der Waals surface area contributed by atoms with Gasteiger partial charge in [0, 0.05) is 5.69 Å².